The summed E-state index contributed by atoms with van der Waals surface area (Å²) in [7, 11) is 7.47. The molecule has 5 heterocycles. The maximum Gasteiger partial charge on any atom is 0.272 e. The first-order valence-corrected chi connectivity index (χ1v) is 21.2. The second-order valence-corrected chi connectivity index (χ2v) is 15.9. The van der Waals surface area contributed by atoms with Crippen LogP contribution in [-0.2, 0) is 51.1 Å². The Morgan fingerprint density at radius 3 is 1.97 bits per heavy atom. The lowest BCUT2D eigenvalue weighted by Crippen LogP contribution is -2.44. The fourth-order valence-electron chi connectivity index (χ4n) is 8.30. The third-order valence-corrected chi connectivity index (χ3v) is 11.5. The second kappa shape index (κ2) is 18.9. The largest absolute Gasteiger partial charge is 0.383 e. The Labute approximate surface area is 361 Å². The Kier molecular flexibility index (Phi) is 12.8. The lowest BCUT2D eigenvalue weighted by Gasteiger charge is -2.34. The zero-order chi connectivity index (χ0) is 43.2. The minimum absolute atomic E-state index is 0.180. The van der Waals surface area contributed by atoms with Crippen LogP contribution in [0.15, 0.2) is 67.0 Å². The number of aryl methyl sites for hydroxylation is 4. The topological polar surface area (TPSA) is 199 Å². The molecule has 1 fully saturated rings. The molecular formula is C45H54N14O3. The van der Waals surface area contributed by atoms with E-state index in [1.165, 1.54) is 5.69 Å². The second-order valence-electron chi connectivity index (χ2n) is 15.9. The van der Waals surface area contributed by atoms with Crippen LogP contribution in [0.4, 0.5) is 23.3 Å². The number of primary amides is 1. The number of hydrogen-bond acceptors (Lipinski definition) is 13. The number of rotatable bonds is 11. The number of carbonyl (C=O) groups is 2. The molecule has 4 aromatic heterocycles. The van der Waals surface area contributed by atoms with Crippen molar-refractivity contribution in [3.8, 4) is 22.8 Å². The first kappa shape index (κ1) is 42.0. The normalized spacial score (nSPS) is 14.5. The number of benzene rings is 2. The van der Waals surface area contributed by atoms with Gasteiger partial charge in [-0.05, 0) is 86.5 Å². The van der Waals surface area contributed by atoms with Gasteiger partial charge in [0.15, 0.2) is 11.4 Å². The van der Waals surface area contributed by atoms with E-state index in [9.17, 15) is 9.59 Å². The van der Waals surface area contributed by atoms with E-state index in [0.29, 0.717) is 43.0 Å². The van der Waals surface area contributed by atoms with Crippen LogP contribution in [-0.4, -0.2) is 110 Å². The molecule has 5 N–H and O–H groups in total. The Hall–Kier alpha value is -6.72. The van der Waals surface area contributed by atoms with Crippen molar-refractivity contribution < 1.29 is 14.3 Å². The van der Waals surface area contributed by atoms with Gasteiger partial charge in [-0.2, -0.15) is 10.2 Å². The molecule has 3 aliphatic rings. The van der Waals surface area contributed by atoms with Gasteiger partial charge < -0.3 is 36.2 Å². The van der Waals surface area contributed by atoms with E-state index in [2.05, 4.69) is 89.4 Å². The van der Waals surface area contributed by atoms with E-state index in [4.69, 9.17) is 20.4 Å². The highest BCUT2D eigenvalue weighted by molar-refractivity contribution is 5.96. The van der Waals surface area contributed by atoms with Gasteiger partial charge in [0, 0.05) is 95.4 Å². The van der Waals surface area contributed by atoms with Gasteiger partial charge in [0.25, 0.3) is 11.8 Å². The highest BCUT2D eigenvalue weighted by Crippen LogP contribution is 2.35. The van der Waals surface area contributed by atoms with E-state index in [1.807, 2.05) is 44.7 Å². The lowest BCUT2D eigenvalue weighted by atomic mass is 10.1. The van der Waals surface area contributed by atoms with Gasteiger partial charge in [-0.3, -0.25) is 19.0 Å². The number of fused-ring (bicyclic) bond motifs is 6. The molecule has 2 aliphatic carbocycles. The molecule has 2 aromatic carbocycles. The van der Waals surface area contributed by atoms with Crippen LogP contribution in [0.2, 0.25) is 0 Å². The van der Waals surface area contributed by atoms with E-state index in [1.54, 1.807) is 16.5 Å². The SMILES string of the molecule is COCCNC(=O)c1nn(C)c2c1CCCc1cnc(Nc3ccc(N4CCN(C)CC4)cc3)nc1-2.Cn1nc(C(N)=O)c2c1-c1nc(NCc3ccccc3)ncc1CCC2. The molecule has 17 nitrogen and oxygen atoms in total. The number of carbonyl (C=O) groups excluding carboxylic acids is 2. The molecular weight excluding hydrogens is 785 g/mol. The first-order valence-electron chi connectivity index (χ1n) is 21.2. The molecule has 0 saturated carbocycles. The monoisotopic (exact) mass is 838 g/mol. The van der Waals surface area contributed by atoms with E-state index < -0.39 is 5.91 Å². The molecule has 6 aromatic rings. The number of aromatic nitrogens is 8. The number of piperazine rings is 1. The van der Waals surface area contributed by atoms with Crippen LogP contribution in [0.1, 0.15) is 61.6 Å². The fraction of sp³-hybridized carbons (Fsp3) is 0.378. The van der Waals surface area contributed by atoms with Crippen molar-refractivity contribution in [3.63, 3.8) is 0 Å². The van der Waals surface area contributed by atoms with Crippen molar-refractivity contribution in [1.29, 1.82) is 0 Å². The number of methoxy groups -OCH3 is 1. The highest BCUT2D eigenvalue weighted by Gasteiger charge is 2.29. The maximum absolute atomic E-state index is 12.8. The van der Waals surface area contributed by atoms with Crippen molar-refractivity contribution in [2.45, 2.75) is 45.1 Å². The molecule has 0 atom stereocenters. The van der Waals surface area contributed by atoms with E-state index in [-0.39, 0.29) is 5.91 Å². The van der Waals surface area contributed by atoms with Gasteiger partial charge in [-0.15, -0.1) is 0 Å². The number of hydrogen-bond donors (Lipinski definition) is 4. The standard InChI is InChI=1S/C26H34N8O2.C19H20N6O/c1-32-12-14-34(15-13-32)20-9-7-19(8-10-20)29-26-28-17-18-5-4-6-21-23(25(35)27-11-16-36-3)31-33(2)24(21)22(18)30-26;1-25-17-14(16(24-25)18(20)26)9-5-8-13-11-22-19(23-15(13)17)21-10-12-6-3-2-4-7-12/h7-10,17H,4-6,11-16H2,1-3H3,(H,27,35)(H,28,29,30);2-4,6-7,11H,5,8-10H2,1H3,(H2,20,26)(H,21,22,23). The first-order chi connectivity index (χ1) is 30.2. The molecule has 62 heavy (non-hydrogen) atoms. The molecule has 17 heteroatoms. The van der Waals surface area contributed by atoms with Crippen LogP contribution < -0.4 is 26.6 Å². The van der Waals surface area contributed by atoms with Gasteiger partial charge in [-0.25, -0.2) is 19.9 Å². The summed E-state index contributed by atoms with van der Waals surface area (Å²) in [6.45, 7) is 5.78. The minimum atomic E-state index is -0.498. The molecule has 322 valence electrons. The molecule has 0 unspecified atom stereocenters. The molecule has 0 bridgehead atoms. The lowest BCUT2D eigenvalue weighted by molar-refractivity contribution is 0.0929. The number of amides is 2. The van der Waals surface area contributed by atoms with Crippen molar-refractivity contribution in [2.24, 2.45) is 19.8 Å². The molecule has 0 spiro atoms. The molecule has 1 saturated heterocycles. The summed E-state index contributed by atoms with van der Waals surface area (Å²) in [5.41, 5.74) is 17.0. The van der Waals surface area contributed by atoms with E-state index in [0.717, 1.165) is 121 Å². The average molecular weight is 839 g/mol. The van der Waals surface area contributed by atoms with Crippen molar-refractivity contribution >= 4 is 35.1 Å². The number of likely N-dealkylation sites (N-methyl/N-ethyl adjacent to an activating group) is 1. The molecule has 2 amide bonds. The number of nitrogens with zero attached hydrogens (tertiary/aromatic N) is 10. The van der Waals surface area contributed by atoms with Crippen LogP contribution in [0.3, 0.4) is 0 Å². The quantitative estimate of drug-likeness (QED) is 0.135. The van der Waals surface area contributed by atoms with Crippen LogP contribution >= 0.6 is 0 Å². The summed E-state index contributed by atoms with van der Waals surface area (Å²) >= 11 is 0. The molecule has 1 aliphatic heterocycles. The summed E-state index contributed by atoms with van der Waals surface area (Å²) in [6, 6.07) is 18.5. The Bertz CT molecular complexity index is 2530. The van der Waals surface area contributed by atoms with Gasteiger partial charge in [0.2, 0.25) is 11.9 Å². The van der Waals surface area contributed by atoms with Crippen LogP contribution in [0, 0.1) is 0 Å². The van der Waals surface area contributed by atoms with Crippen molar-refractivity contribution in [2.75, 3.05) is 69.0 Å². The number of nitrogens with one attached hydrogen (secondary N) is 3. The predicted molar refractivity (Wildman–Crippen MR) is 238 cm³/mol. The van der Waals surface area contributed by atoms with Crippen molar-refractivity contribution in [1.82, 2.24) is 49.7 Å². The van der Waals surface area contributed by atoms with Crippen LogP contribution in [0.25, 0.3) is 22.8 Å². The van der Waals surface area contributed by atoms with Gasteiger partial charge in [0.05, 0.1) is 29.4 Å². The Balaban J connectivity index is 0.000000180. The Morgan fingerprint density at radius 2 is 1.34 bits per heavy atom. The summed E-state index contributed by atoms with van der Waals surface area (Å²) < 4.78 is 8.52. The zero-order valence-corrected chi connectivity index (χ0v) is 35.8. The third-order valence-electron chi connectivity index (χ3n) is 11.5. The molecule has 0 radical (unpaired) electrons. The highest BCUT2D eigenvalue weighted by atomic mass is 16.5. The summed E-state index contributed by atoms with van der Waals surface area (Å²) in [5.74, 6) is 0.408. The maximum atomic E-state index is 12.8. The number of anilines is 4. The third kappa shape index (κ3) is 9.28. The van der Waals surface area contributed by atoms with Gasteiger partial charge >= 0.3 is 0 Å². The Morgan fingerprint density at radius 1 is 0.742 bits per heavy atom. The predicted octanol–water partition coefficient (Wildman–Crippen LogP) is 4.31. The number of ether oxygens (including phenoxy) is 1. The molecule has 9 rings (SSSR count). The van der Waals surface area contributed by atoms with Crippen molar-refractivity contribution in [3.05, 3.63) is 106 Å². The average Bonchev–Trinajstić information content (AvgIpc) is 3.62. The zero-order valence-electron chi connectivity index (χ0n) is 35.8. The van der Waals surface area contributed by atoms with Gasteiger partial charge in [-0.1, -0.05) is 30.3 Å². The van der Waals surface area contributed by atoms with Crippen LogP contribution in [0.5, 0.6) is 0 Å². The summed E-state index contributed by atoms with van der Waals surface area (Å²) in [6.07, 6.45) is 8.81. The number of nitrogens with two attached hydrogens (primary N) is 1. The smallest absolute Gasteiger partial charge is 0.272 e. The van der Waals surface area contributed by atoms with Gasteiger partial charge in [0.1, 0.15) is 0 Å². The summed E-state index contributed by atoms with van der Waals surface area (Å²) in [5, 5.41) is 18.4. The van der Waals surface area contributed by atoms with E-state index >= 15 is 0 Å². The fourth-order valence-corrected chi connectivity index (χ4v) is 8.30. The minimum Gasteiger partial charge on any atom is -0.383 e. The summed E-state index contributed by atoms with van der Waals surface area (Å²) in [4.78, 5) is 48.0.